The van der Waals surface area contributed by atoms with Crippen molar-refractivity contribution in [3.8, 4) is 0 Å². The van der Waals surface area contributed by atoms with Crippen LogP contribution in [0, 0.1) is 6.92 Å². The van der Waals surface area contributed by atoms with E-state index in [0.29, 0.717) is 4.88 Å². The van der Waals surface area contributed by atoms with Gasteiger partial charge in [-0.3, -0.25) is 9.59 Å². The molecule has 0 radical (unpaired) electrons. The van der Waals surface area contributed by atoms with Crippen molar-refractivity contribution in [2.75, 3.05) is 0 Å². The molecule has 0 saturated carbocycles. The molecular formula is C10H11BrN2O4S. The highest BCUT2D eigenvalue weighted by atomic mass is 79.9. The first-order valence-corrected chi connectivity index (χ1v) is 6.50. The number of rotatable bonds is 5. The molecular weight excluding hydrogens is 324 g/mol. The van der Waals surface area contributed by atoms with E-state index in [1.54, 1.807) is 6.07 Å². The van der Waals surface area contributed by atoms with Crippen molar-refractivity contribution in [3.63, 3.8) is 0 Å². The number of hydrogen-bond acceptors (Lipinski definition) is 4. The standard InChI is InChI=1S/C10H11BrN2O4S/c1-4-2-6(18-8(4)11)9(15)13-5(10(16)17)3-7(12)14/h2,5H,3H2,1H3,(H2,12,14)(H,13,15)(H,16,17). The van der Waals surface area contributed by atoms with Gasteiger partial charge in [0.1, 0.15) is 6.04 Å². The molecule has 8 heteroatoms. The van der Waals surface area contributed by atoms with Gasteiger partial charge in [0.15, 0.2) is 0 Å². The van der Waals surface area contributed by atoms with Gasteiger partial charge in [0.05, 0.1) is 15.1 Å². The van der Waals surface area contributed by atoms with Crippen LogP contribution in [-0.4, -0.2) is 28.9 Å². The number of carbonyl (C=O) groups excluding carboxylic acids is 2. The summed E-state index contributed by atoms with van der Waals surface area (Å²) in [7, 11) is 0. The van der Waals surface area contributed by atoms with Crippen molar-refractivity contribution >= 4 is 45.1 Å². The second-order valence-electron chi connectivity index (χ2n) is 3.60. The first-order valence-electron chi connectivity index (χ1n) is 4.89. The van der Waals surface area contributed by atoms with E-state index in [2.05, 4.69) is 21.2 Å². The van der Waals surface area contributed by atoms with Crippen molar-refractivity contribution in [1.29, 1.82) is 0 Å². The van der Waals surface area contributed by atoms with Crippen molar-refractivity contribution in [3.05, 3.63) is 20.3 Å². The minimum atomic E-state index is -1.31. The Morgan fingerprint density at radius 3 is 2.56 bits per heavy atom. The minimum Gasteiger partial charge on any atom is -0.480 e. The SMILES string of the molecule is Cc1cc(C(=O)NC(CC(N)=O)C(=O)O)sc1Br. The Kier molecular flexibility index (Phi) is 4.85. The van der Waals surface area contributed by atoms with Gasteiger partial charge >= 0.3 is 5.97 Å². The van der Waals surface area contributed by atoms with E-state index >= 15 is 0 Å². The Bertz CT molecular complexity index is 481. The fourth-order valence-corrected chi connectivity index (χ4v) is 2.64. The predicted octanol–water partition coefficient (Wildman–Crippen LogP) is 0.877. The third kappa shape index (κ3) is 3.81. The summed E-state index contributed by atoms with van der Waals surface area (Å²) in [5, 5.41) is 11.1. The number of nitrogens with one attached hydrogen (secondary N) is 1. The average Bonchev–Trinajstić information content (AvgIpc) is 2.57. The molecule has 0 fully saturated rings. The maximum absolute atomic E-state index is 11.8. The summed E-state index contributed by atoms with van der Waals surface area (Å²) < 4.78 is 0.800. The van der Waals surface area contributed by atoms with E-state index in [4.69, 9.17) is 10.8 Å². The summed E-state index contributed by atoms with van der Waals surface area (Å²) in [5.41, 5.74) is 5.80. The summed E-state index contributed by atoms with van der Waals surface area (Å²) >= 11 is 4.46. The third-order valence-electron chi connectivity index (χ3n) is 2.09. The number of thiophene rings is 1. The van der Waals surface area contributed by atoms with Crippen LogP contribution in [-0.2, 0) is 9.59 Å². The van der Waals surface area contributed by atoms with E-state index in [9.17, 15) is 14.4 Å². The largest absolute Gasteiger partial charge is 0.480 e. The molecule has 0 bridgehead atoms. The number of carbonyl (C=O) groups is 3. The molecule has 98 valence electrons. The van der Waals surface area contributed by atoms with Gasteiger partial charge in [0, 0.05) is 0 Å². The second kappa shape index (κ2) is 5.96. The molecule has 18 heavy (non-hydrogen) atoms. The Morgan fingerprint density at radius 2 is 2.17 bits per heavy atom. The molecule has 0 aliphatic carbocycles. The van der Waals surface area contributed by atoms with Crippen LogP contribution in [0.1, 0.15) is 21.7 Å². The van der Waals surface area contributed by atoms with Crippen molar-refractivity contribution < 1.29 is 19.5 Å². The maximum Gasteiger partial charge on any atom is 0.326 e. The van der Waals surface area contributed by atoms with Gasteiger partial charge in [-0.05, 0) is 34.5 Å². The molecule has 1 aromatic rings. The lowest BCUT2D eigenvalue weighted by molar-refractivity contribution is -0.140. The molecule has 1 heterocycles. The zero-order valence-electron chi connectivity index (χ0n) is 9.40. The molecule has 0 aliphatic rings. The highest BCUT2D eigenvalue weighted by Gasteiger charge is 2.23. The molecule has 0 aromatic carbocycles. The molecule has 0 spiro atoms. The van der Waals surface area contributed by atoms with Gasteiger partial charge in [-0.15, -0.1) is 11.3 Å². The molecule has 1 rings (SSSR count). The first-order chi connectivity index (χ1) is 8.31. The highest BCUT2D eigenvalue weighted by Crippen LogP contribution is 2.27. The lowest BCUT2D eigenvalue weighted by atomic mass is 10.2. The number of nitrogens with two attached hydrogens (primary N) is 1. The molecule has 2 amide bonds. The topological polar surface area (TPSA) is 109 Å². The lowest BCUT2D eigenvalue weighted by Crippen LogP contribution is -2.43. The Hall–Kier alpha value is -1.41. The van der Waals surface area contributed by atoms with E-state index in [1.807, 2.05) is 6.92 Å². The van der Waals surface area contributed by atoms with Gasteiger partial charge in [0.25, 0.3) is 5.91 Å². The van der Waals surface area contributed by atoms with Crippen LogP contribution in [0.5, 0.6) is 0 Å². The van der Waals surface area contributed by atoms with Crippen LogP contribution in [0.2, 0.25) is 0 Å². The molecule has 4 N–H and O–H groups in total. The quantitative estimate of drug-likeness (QED) is 0.742. The van der Waals surface area contributed by atoms with Gasteiger partial charge < -0.3 is 16.2 Å². The van der Waals surface area contributed by atoms with E-state index in [1.165, 1.54) is 11.3 Å². The average molecular weight is 335 g/mol. The number of amides is 2. The third-order valence-corrected chi connectivity index (χ3v) is 4.23. The Morgan fingerprint density at radius 1 is 1.56 bits per heavy atom. The monoisotopic (exact) mass is 334 g/mol. The molecule has 0 aliphatic heterocycles. The molecule has 6 nitrogen and oxygen atoms in total. The van der Waals surface area contributed by atoms with Crippen LogP contribution in [0.15, 0.2) is 9.85 Å². The van der Waals surface area contributed by atoms with E-state index in [-0.39, 0.29) is 0 Å². The number of carboxylic acid groups (broad SMARTS) is 1. The zero-order valence-corrected chi connectivity index (χ0v) is 11.8. The van der Waals surface area contributed by atoms with E-state index in [0.717, 1.165) is 9.35 Å². The van der Waals surface area contributed by atoms with Crippen LogP contribution < -0.4 is 11.1 Å². The van der Waals surface area contributed by atoms with Gasteiger partial charge in [-0.1, -0.05) is 0 Å². The van der Waals surface area contributed by atoms with Crippen molar-refractivity contribution in [1.82, 2.24) is 5.32 Å². The van der Waals surface area contributed by atoms with Gasteiger partial charge in [-0.25, -0.2) is 4.79 Å². The fourth-order valence-electron chi connectivity index (χ4n) is 1.20. The minimum absolute atomic E-state index is 0.370. The number of carboxylic acids is 1. The summed E-state index contributed by atoms with van der Waals surface area (Å²) in [4.78, 5) is 33.7. The first kappa shape index (κ1) is 14.7. The maximum atomic E-state index is 11.8. The van der Waals surface area contributed by atoms with Crippen LogP contribution >= 0.6 is 27.3 Å². The highest BCUT2D eigenvalue weighted by molar-refractivity contribution is 9.11. The summed E-state index contributed by atoms with van der Waals surface area (Å²) in [6.45, 7) is 1.81. The lowest BCUT2D eigenvalue weighted by Gasteiger charge is -2.11. The number of hydrogen-bond donors (Lipinski definition) is 3. The Balaban J connectivity index is 2.78. The molecule has 1 unspecified atom stereocenters. The summed E-state index contributed by atoms with van der Waals surface area (Å²) in [6.07, 6.45) is -0.438. The smallest absolute Gasteiger partial charge is 0.326 e. The molecule has 1 aromatic heterocycles. The second-order valence-corrected chi connectivity index (χ2v) is 5.97. The summed E-state index contributed by atoms with van der Waals surface area (Å²) in [6, 6.07) is 0.323. The number of halogens is 1. The molecule has 0 saturated heterocycles. The number of primary amides is 1. The van der Waals surface area contributed by atoms with Gasteiger partial charge in [-0.2, -0.15) is 0 Å². The van der Waals surface area contributed by atoms with E-state index < -0.39 is 30.2 Å². The molecule has 1 atom stereocenters. The van der Waals surface area contributed by atoms with Crippen molar-refractivity contribution in [2.24, 2.45) is 5.73 Å². The predicted molar refractivity (Wildman–Crippen MR) is 69.5 cm³/mol. The Labute approximate surface area is 115 Å². The van der Waals surface area contributed by atoms with Crippen LogP contribution in [0.3, 0.4) is 0 Å². The zero-order chi connectivity index (χ0) is 13.9. The van der Waals surface area contributed by atoms with Crippen LogP contribution in [0.4, 0.5) is 0 Å². The van der Waals surface area contributed by atoms with Crippen molar-refractivity contribution in [2.45, 2.75) is 19.4 Å². The fraction of sp³-hybridized carbons (Fsp3) is 0.300. The van der Waals surface area contributed by atoms with Crippen LogP contribution in [0.25, 0.3) is 0 Å². The normalized spacial score (nSPS) is 11.9. The van der Waals surface area contributed by atoms with Gasteiger partial charge in [0.2, 0.25) is 5.91 Å². The number of aliphatic carboxylic acids is 1. The number of aryl methyl sites for hydroxylation is 1. The summed E-state index contributed by atoms with van der Waals surface area (Å²) in [5.74, 6) is -2.62.